The molecule has 1 aliphatic rings. The van der Waals surface area contributed by atoms with Crippen molar-refractivity contribution in [1.29, 1.82) is 0 Å². The van der Waals surface area contributed by atoms with Crippen LogP contribution in [0.3, 0.4) is 0 Å². The van der Waals surface area contributed by atoms with E-state index < -0.39 is 0 Å². The van der Waals surface area contributed by atoms with Crippen molar-refractivity contribution in [3.63, 3.8) is 0 Å². The van der Waals surface area contributed by atoms with Gasteiger partial charge in [0.1, 0.15) is 5.01 Å². The maximum atomic E-state index is 4.67. The van der Waals surface area contributed by atoms with E-state index in [0.29, 0.717) is 12.6 Å². The molecule has 1 aliphatic carbocycles. The van der Waals surface area contributed by atoms with Crippen molar-refractivity contribution in [2.24, 2.45) is 10.9 Å². The molecule has 0 saturated heterocycles. The van der Waals surface area contributed by atoms with E-state index in [2.05, 4.69) is 45.0 Å². The van der Waals surface area contributed by atoms with Crippen LogP contribution in [0.25, 0.3) is 10.6 Å². The van der Waals surface area contributed by atoms with Crippen molar-refractivity contribution >= 4 is 41.3 Å². The van der Waals surface area contributed by atoms with Crippen LogP contribution in [0.4, 0.5) is 0 Å². The summed E-state index contributed by atoms with van der Waals surface area (Å²) in [6.07, 6.45) is 1.23. The number of benzene rings is 1. The SMILES string of the molecule is CN=C(NCc1csc(-c2ccccc2)n1)NC1CC1C.I. The minimum atomic E-state index is 0. The molecule has 1 aromatic carbocycles. The molecule has 0 spiro atoms. The van der Waals surface area contributed by atoms with E-state index in [1.807, 2.05) is 18.2 Å². The highest BCUT2D eigenvalue weighted by Gasteiger charge is 2.33. The van der Waals surface area contributed by atoms with E-state index >= 15 is 0 Å². The smallest absolute Gasteiger partial charge is 0.191 e. The number of nitrogens with one attached hydrogen (secondary N) is 2. The average molecular weight is 428 g/mol. The first-order valence-corrected chi connectivity index (χ1v) is 8.11. The lowest BCUT2D eigenvalue weighted by atomic mass is 10.2. The van der Waals surface area contributed by atoms with Gasteiger partial charge in [-0.2, -0.15) is 0 Å². The van der Waals surface area contributed by atoms with Gasteiger partial charge >= 0.3 is 0 Å². The van der Waals surface area contributed by atoms with Gasteiger partial charge in [0.25, 0.3) is 0 Å². The molecule has 0 amide bonds. The topological polar surface area (TPSA) is 49.3 Å². The normalized spacial score (nSPS) is 20.2. The third kappa shape index (κ3) is 4.42. The average Bonchev–Trinajstić information content (AvgIpc) is 3.02. The fourth-order valence-electron chi connectivity index (χ4n) is 2.17. The first-order valence-electron chi connectivity index (χ1n) is 7.23. The lowest BCUT2D eigenvalue weighted by molar-refractivity contribution is 0.758. The maximum Gasteiger partial charge on any atom is 0.191 e. The number of guanidine groups is 1. The van der Waals surface area contributed by atoms with Crippen LogP contribution in [0, 0.1) is 5.92 Å². The zero-order chi connectivity index (χ0) is 14.7. The molecule has 0 bridgehead atoms. The number of hydrogen-bond acceptors (Lipinski definition) is 3. The van der Waals surface area contributed by atoms with Crippen molar-refractivity contribution in [2.75, 3.05) is 7.05 Å². The molecular weight excluding hydrogens is 407 g/mol. The Labute approximate surface area is 152 Å². The standard InChI is InChI=1S/C16H20N4S.HI/c1-11-8-14(11)20-16(17-2)18-9-13-10-21-15(19-13)12-6-4-3-5-7-12;/h3-7,10-11,14H,8-9H2,1-2H3,(H2,17,18,20);1H. The molecule has 1 fully saturated rings. The van der Waals surface area contributed by atoms with Crippen LogP contribution in [0.2, 0.25) is 0 Å². The van der Waals surface area contributed by atoms with Gasteiger partial charge in [-0.15, -0.1) is 35.3 Å². The van der Waals surface area contributed by atoms with Gasteiger partial charge in [0.05, 0.1) is 12.2 Å². The fraction of sp³-hybridized carbons (Fsp3) is 0.375. The second kappa shape index (κ2) is 7.92. The zero-order valence-electron chi connectivity index (χ0n) is 12.7. The van der Waals surface area contributed by atoms with Gasteiger partial charge in [-0.25, -0.2) is 4.98 Å². The Morgan fingerprint density at radius 1 is 1.36 bits per heavy atom. The minimum absolute atomic E-state index is 0. The van der Waals surface area contributed by atoms with Gasteiger partial charge in [0.2, 0.25) is 0 Å². The molecule has 0 radical (unpaired) electrons. The molecule has 1 aromatic heterocycles. The van der Waals surface area contributed by atoms with Gasteiger partial charge in [0, 0.05) is 24.0 Å². The summed E-state index contributed by atoms with van der Waals surface area (Å²) in [4.78, 5) is 8.92. The van der Waals surface area contributed by atoms with Crippen molar-refractivity contribution in [3.8, 4) is 10.6 Å². The number of hydrogen-bond donors (Lipinski definition) is 2. The molecule has 2 unspecified atom stereocenters. The van der Waals surface area contributed by atoms with E-state index in [1.54, 1.807) is 18.4 Å². The first-order chi connectivity index (χ1) is 10.3. The zero-order valence-corrected chi connectivity index (χ0v) is 15.9. The summed E-state index contributed by atoms with van der Waals surface area (Å²) in [5.74, 6) is 1.62. The summed E-state index contributed by atoms with van der Waals surface area (Å²) >= 11 is 1.68. The second-order valence-corrected chi connectivity index (χ2v) is 6.26. The molecule has 22 heavy (non-hydrogen) atoms. The maximum absolute atomic E-state index is 4.67. The highest BCUT2D eigenvalue weighted by Crippen LogP contribution is 2.28. The number of nitrogens with zero attached hydrogens (tertiary/aromatic N) is 2. The summed E-state index contributed by atoms with van der Waals surface area (Å²) in [6, 6.07) is 10.9. The largest absolute Gasteiger partial charge is 0.353 e. The molecule has 4 nitrogen and oxygen atoms in total. The number of thiazole rings is 1. The number of aliphatic imine (C=N–C) groups is 1. The lowest BCUT2D eigenvalue weighted by Crippen LogP contribution is -2.38. The van der Waals surface area contributed by atoms with Crippen LogP contribution in [0.15, 0.2) is 40.7 Å². The van der Waals surface area contributed by atoms with Crippen LogP contribution in [-0.2, 0) is 6.54 Å². The molecule has 2 atom stereocenters. The molecule has 1 saturated carbocycles. The number of halogens is 1. The van der Waals surface area contributed by atoms with Crippen LogP contribution >= 0.6 is 35.3 Å². The van der Waals surface area contributed by atoms with E-state index in [-0.39, 0.29) is 24.0 Å². The monoisotopic (exact) mass is 428 g/mol. The predicted octanol–water partition coefficient (Wildman–Crippen LogP) is 3.50. The summed E-state index contributed by atoms with van der Waals surface area (Å²) in [5, 5.41) is 9.90. The Morgan fingerprint density at radius 2 is 2.09 bits per heavy atom. The Bertz CT molecular complexity index is 626. The van der Waals surface area contributed by atoms with Gasteiger partial charge in [-0.3, -0.25) is 4.99 Å². The lowest BCUT2D eigenvalue weighted by Gasteiger charge is -2.10. The molecule has 1 heterocycles. The first kappa shape index (κ1) is 17.2. The Hall–Kier alpha value is -1.15. The third-order valence-corrected chi connectivity index (χ3v) is 4.60. The number of rotatable bonds is 4. The van der Waals surface area contributed by atoms with Gasteiger partial charge in [-0.05, 0) is 12.3 Å². The summed E-state index contributed by atoms with van der Waals surface area (Å²) in [7, 11) is 1.80. The molecule has 0 aliphatic heterocycles. The van der Waals surface area contributed by atoms with Crippen molar-refractivity contribution in [3.05, 3.63) is 41.4 Å². The van der Waals surface area contributed by atoms with Crippen LogP contribution in [0.5, 0.6) is 0 Å². The minimum Gasteiger partial charge on any atom is -0.353 e. The molecule has 2 aromatic rings. The Morgan fingerprint density at radius 3 is 2.73 bits per heavy atom. The highest BCUT2D eigenvalue weighted by molar-refractivity contribution is 14.0. The van der Waals surface area contributed by atoms with E-state index in [4.69, 9.17) is 0 Å². The van der Waals surface area contributed by atoms with Gasteiger partial charge in [0.15, 0.2) is 5.96 Å². The summed E-state index contributed by atoms with van der Waals surface area (Å²) in [5.41, 5.74) is 2.22. The second-order valence-electron chi connectivity index (χ2n) is 5.40. The third-order valence-electron chi connectivity index (χ3n) is 3.66. The van der Waals surface area contributed by atoms with Gasteiger partial charge < -0.3 is 10.6 Å². The van der Waals surface area contributed by atoms with Crippen molar-refractivity contribution < 1.29 is 0 Å². The fourth-order valence-corrected chi connectivity index (χ4v) is 3.00. The van der Waals surface area contributed by atoms with E-state index in [9.17, 15) is 0 Å². The molecule has 3 rings (SSSR count). The molecular formula is C16H21IN4S. The highest BCUT2D eigenvalue weighted by atomic mass is 127. The van der Waals surface area contributed by atoms with Crippen molar-refractivity contribution in [1.82, 2.24) is 15.6 Å². The van der Waals surface area contributed by atoms with Crippen molar-refractivity contribution in [2.45, 2.75) is 25.9 Å². The Kier molecular flexibility index (Phi) is 6.19. The predicted molar refractivity (Wildman–Crippen MR) is 104 cm³/mol. The van der Waals surface area contributed by atoms with Crippen LogP contribution in [0.1, 0.15) is 19.0 Å². The summed E-state index contributed by atoms with van der Waals surface area (Å²) in [6.45, 7) is 2.95. The molecule has 6 heteroatoms. The number of aromatic nitrogens is 1. The Balaban J connectivity index is 0.00000176. The van der Waals surface area contributed by atoms with Crippen LogP contribution in [-0.4, -0.2) is 24.0 Å². The van der Waals surface area contributed by atoms with Crippen LogP contribution < -0.4 is 10.6 Å². The van der Waals surface area contributed by atoms with E-state index in [1.165, 1.54) is 12.0 Å². The molecule has 2 N–H and O–H groups in total. The quantitative estimate of drug-likeness (QED) is 0.445. The summed E-state index contributed by atoms with van der Waals surface area (Å²) < 4.78 is 0. The molecule has 118 valence electrons. The van der Waals surface area contributed by atoms with E-state index in [0.717, 1.165) is 22.6 Å². The van der Waals surface area contributed by atoms with Gasteiger partial charge in [-0.1, -0.05) is 37.3 Å².